The predicted octanol–water partition coefficient (Wildman–Crippen LogP) is 4.14. The van der Waals surface area contributed by atoms with E-state index in [4.69, 9.17) is 0 Å². The number of thiophene rings is 1. The smallest absolute Gasteiger partial charge is 0.0649 e. The zero-order valence-corrected chi connectivity index (χ0v) is 14.2. The van der Waals surface area contributed by atoms with Gasteiger partial charge >= 0.3 is 0 Å². The van der Waals surface area contributed by atoms with Gasteiger partial charge in [-0.1, -0.05) is 19.8 Å². The second kappa shape index (κ2) is 6.82. The van der Waals surface area contributed by atoms with Crippen LogP contribution < -0.4 is 5.32 Å². The Labute approximate surface area is 131 Å². The molecule has 2 nitrogen and oxygen atoms in total. The highest BCUT2D eigenvalue weighted by Gasteiger charge is 2.26. The summed E-state index contributed by atoms with van der Waals surface area (Å²) < 4.78 is 1.53. The van der Waals surface area contributed by atoms with Crippen LogP contribution in [0.5, 0.6) is 0 Å². The first-order valence-corrected chi connectivity index (χ1v) is 9.67. The molecule has 1 unspecified atom stereocenters. The van der Waals surface area contributed by atoms with Gasteiger partial charge in [0, 0.05) is 30.4 Å². The highest BCUT2D eigenvalue weighted by Crippen LogP contribution is 2.43. The average Bonchev–Trinajstić information content (AvgIpc) is 3.09. The van der Waals surface area contributed by atoms with Crippen LogP contribution in [0.2, 0.25) is 0 Å². The maximum atomic E-state index is 3.80. The van der Waals surface area contributed by atoms with E-state index in [1.54, 1.807) is 5.56 Å². The van der Waals surface area contributed by atoms with Crippen molar-refractivity contribution < 1.29 is 0 Å². The summed E-state index contributed by atoms with van der Waals surface area (Å²) in [6.07, 6.45) is 6.93. The Morgan fingerprint density at radius 1 is 1.35 bits per heavy atom. The van der Waals surface area contributed by atoms with Crippen molar-refractivity contribution in [2.75, 3.05) is 20.1 Å². The highest BCUT2D eigenvalue weighted by molar-refractivity contribution is 8.01. The first-order chi connectivity index (χ1) is 9.74. The number of hydrogen-bond acceptors (Lipinski definition) is 4. The van der Waals surface area contributed by atoms with Crippen LogP contribution in [0, 0.1) is 0 Å². The second-order valence-corrected chi connectivity index (χ2v) is 8.88. The fourth-order valence-electron chi connectivity index (χ4n) is 3.49. The summed E-state index contributed by atoms with van der Waals surface area (Å²) in [4.78, 5) is 2.57. The molecule has 3 rings (SSSR count). The summed E-state index contributed by atoms with van der Waals surface area (Å²) in [5.74, 6) is 0. The number of nitrogens with zero attached hydrogens (tertiary/aromatic N) is 1. The molecule has 1 aliphatic carbocycles. The van der Waals surface area contributed by atoms with Gasteiger partial charge in [-0.2, -0.15) is 0 Å². The van der Waals surface area contributed by atoms with Gasteiger partial charge in [0.25, 0.3) is 0 Å². The summed E-state index contributed by atoms with van der Waals surface area (Å²) in [5, 5.41) is 6.79. The van der Waals surface area contributed by atoms with E-state index >= 15 is 0 Å². The van der Waals surface area contributed by atoms with Crippen LogP contribution in [-0.4, -0.2) is 36.3 Å². The highest BCUT2D eigenvalue weighted by atomic mass is 32.2. The monoisotopic (exact) mass is 310 g/mol. The molecule has 2 aliphatic rings. The fraction of sp³-hybridized carbons (Fsp3) is 0.750. The number of hydrogen-bond donors (Lipinski definition) is 1. The van der Waals surface area contributed by atoms with Crippen LogP contribution >= 0.6 is 23.1 Å². The van der Waals surface area contributed by atoms with Crippen molar-refractivity contribution >= 4 is 23.1 Å². The molecule has 2 atom stereocenters. The maximum absolute atomic E-state index is 3.80. The molecule has 1 N–H and O–H groups in total. The standard InChI is InChI=1S/C16H26N2S2/c1-12-11-15(14-7-10-19-16(14)20-12)17-8-9-18(2)13-5-3-4-6-13/h7,10,12-13,15,17H,3-6,8-9,11H2,1-2H3/t12-,15?/m0/s1. The van der Waals surface area contributed by atoms with Gasteiger partial charge in [0.1, 0.15) is 0 Å². The Morgan fingerprint density at radius 3 is 2.95 bits per heavy atom. The largest absolute Gasteiger partial charge is 0.309 e. The van der Waals surface area contributed by atoms with Crippen molar-refractivity contribution in [2.45, 2.75) is 60.6 Å². The quantitative estimate of drug-likeness (QED) is 0.880. The van der Waals surface area contributed by atoms with E-state index in [0.29, 0.717) is 6.04 Å². The van der Waals surface area contributed by atoms with E-state index in [1.807, 2.05) is 11.3 Å². The molecule has 0 radical (unpaired) electrons. The minimum atomic E-state index is 0.574. The Bertz CT molecular complexity index is 426. The zero-order valence-electron chi connectivity index (χ0n) is 12.6. The van der Waals surface area contributed by atoms with E-state index in [2.05, 4.69) is 47.4 Å². The summed E-state index contributed by atoms with van der Waals surface area (Å²) >= 11 is 3.96. The third-order valence-corrected chi connectivity index (χ3v) is 7.06. The second-order valence-electron chi connectivity index (χ2n) is 6.25. The Morgan fingerprint density at radius 2 is 2.15 bits per heavy atom. The van der Waals surface area contributed by atoms with Gasteiger partial charge in [-0.15, -0.1) is 23.1 Å². The first kappa shape index (κ1) is 14.9. The third kappa shape index (κ3) is 3.41. The van der Waals surface area contributed by atoms with Crippen molar-refractivity contribution in [3.8, 4) is 0 Å². The molecule has 0 spiro atoms. The minimum absolute atomic E-state index is 0.574. The molecule has 2 heterocycles. The molecule has 0 aromatic carbocycles. The molecule has 0 amide bonds. The first-order valence-electron chi connectivity index (χ1n) is 7.91. The number of thioether (sulfide) groups is 1. The predicted molar refractivity (Wildman–Crippen MR) is 89.9 cm³/mol. The molecule has 0 saturated heterocycles. The Hall–Kier alpha value is -0.0300. The van der Waals surface area contributed by atoms with E-state index in [1.165, 1.54) is 42.9 Å². The molecule has 1 fully saturated rings. The molecule has 1 aromatic heterocycles. The van der Waals surface area contributed by atoms with E-state index in [-0.39, 0.29) is 0 Å². The van der Waals surface area contributed by atoms with E-state index in [9.17, 15) is 0 Å². The summed E-state index contributed by atoms with van der Waals surface area (Å²) in [6.45, 7) is 4.65. The van der Waals surface area contributed by atoms with Crippen LogP contribution in [0.3, 0.4) is 0 Å². The SMILES string of the molecule is C[C@H]1CC(NCCN(C)C2CCCC2)c2ccsc2S1. The van der Waals surface area contributed by atoms with Crippen LogP contribution in [0.4, 0.5) is 0 Å². The van der Waals surface area contributed by atoms with Gasteiger partial charge in [-0.05, 0) is 43.3 Å². The average molecular weight is 311 g/mol. The van der Waals surface area contributed by atoms with Crippen LogP contribution in [0.25, 0.3) is 0 Å². The maximum Gasteiger partial charge on any atom is 0.0649 e. The van der Waals surface area contributed by atoms with Crippen molar-refractivity contribution in [2.24, 2.45) is 0 Å². The van der Waals surface area contributed by atoms with Gasteiger partial charge in [0.2, 0.25) is 0 Å². The van der Waals surface area contributed by atoms with Crippen molar-refractivity contribution in [3.05, 3.63) is 17.0 Å². The molecule has 1 aliphatic heterocycles. The zero-order chi connectivity index (χ0) is 13.9. The van der Waals surface area contributed by atoms with Crippen LogP contribution in [0.1, 0.15) is 50.6 Å². The van der Waals surface area contributed by atoms with E-state index in [0.717, 1.165) is 17.8 Å². The Balaban J connectivity index is 1.49. The lowest BCUT2D eigenvalue weighted by Gasteiger charge is -2.29. The van der Waals surface area contributed by atoms with Gasteiger partial charge in [-0.25, -0.2) is 0 Å². The molecule has 1 saturated carbocycles. The van der Waals surface area contributed by atoms with Gasteiger partial charge in [0.05, 0.1) is 4.21 Å². The number of fused-ring (bicyclic) bond motifs is 1. The third-order valence-electron chi connectivity index (χ3n) is 4.71. The van der Waals surface area contributed by atoms with Crippen molar-refractivity contribution in [1.82, 2.24) is 10.2 Å². The Kier molecular flexibility index (Phi) is 5.08. The lowest BCUT2D eigenvalue weighted by molar-refractivity contribution is 0.241. The van der Waals surface area contributed by atoms with E-state index < -0.39 is 0 Å². The molecular weight excluding hydrogens is 284 g/mol. The summed E-state index contributed by atoms with van der Waals surface area (Å²) in [6, 6.07) is 3.73. The molecule has 112 valence electrons. The van der Waals surface area contributed by atoms with Crippen molar-refractivity contribution in [1.29, 1.82) is 0 Å². The van der Waals surface area contributed by atoms with Gasteiger partial charge in [-0.3, -0.25) is 0 Å². The molecule has 4 heteroatoms. The number of rotatable bonds is 5. The molecular formula is C16H26N2S2. The molecule has 20 heavy (non-hydrogen) atoms. The minimum Gasteiger partial charge on any atom is -0.309 e. The van der Waals surface area contributed by atoms with Crippen LogP contribution in [-0.2, 0) is 0 Å². The van der Waals surface area contributed by atoms with Gasteiger partial charge in [0.15, 0.2) is 0 Å². The normalized spacial score (nSPS) is 27.1. The van der Waals surface area contributed by atoms with Gasteiger partial charge < -0.3 is 10.2 Å². The summed E-state index contributed by atoms with van der Waals surface area (Å²) in [5.41, 5.74) is 1.54. The number of likely N-dealkylation sites (N-methyl/N-ethyl adjacent to an activating group) is 1. The topological polar surface area (TPSA) is 15.3 Å². The molecule has 0 bridgehead atoms. The summed E-state index contributed by atoms with van der Waals surface area (Å²) in [7, 11) is 2.30. The number of nitrogens with one attached hydrogen (secondary N) is 1. The van der Waals surface area contributed by atoms with Crippen LogP contribution in [0.15, 0.2) is 15.7 Å². The fourth-order valence-corrected chi connectivity index (χ4v) is 6.05. The molecule has 1 aromatic rings. The lowest BCUT2D eigenvalue weighted by Crippen LogP contribution is -2.37. The lowest BCUT2D eigenvalue weighted by atomic mass is 10.0. The van der Waals surface area contributed by atoms with Crippen molar-refractivity contribution in [3.63, 3.8) is 0 Å².